The normalized spacial score (nSPS) is 15.8. The zero-order valence-electron chi connectivity index (χ0n) is 14.5. The van der Waals surface area contributed by atoms with Crippen LogP contribution in [0.3, 0.4) is 0 Å². The fourth-order valence-electron chi connectivity index (χ4n) is 3.30. The van der Waals surface area contributed by atoms with Crippen LogP contribution in [0.1, 0.15) is 52.3 Å². The summed E-state index contributed by atoms with van der Waals surface area (Å²) < 4.78 is 0. The Labute approximate surface area is 156 Å². The molecule has 0 fully saturated rings. The minimum Gasteiger partial charge on any atom is -0.481 e. The largest absolute Gasteiger partial charge is 0.481 e. The van der Waals surface area contributed by atoms with E-state index < -0.39 is 11.9 Å². The Morgan fingerprint density at radius 2 is 2.08 bits per heavy atom. The summed E-state index contributed by atoms with van der Waals surface area (Å²) in [7, 11) is 0. The molecule has 3 rings (SSSR count). The number of nitrogens with one attached hydrogen (secondary N) is 1. The van der Waals surface area contributed by atoms with Gasteiger partial charge in [0.2, 0.25) is 5.91 Å². The molecule has 6 heteroatoms. The van der Waals surface area contributed by atoms with E-state index in [1.54, 1.807) is 0 Å². The number of anilines is 1. The molecule has 1 atom stereocenters. The standard InChI is InChI=1S/C20H20N2O3S/c1-12-5-7-13(8-6-12)9-10-17(23)22-19-15(11-21)18-14(20(24)25)3-2-4-16(18)26-19/h5-8,14H,2-4,9-10H2,1H3,(H,22,23)(H,24,25). The molecule has 1 aromatic carbocycles. The highest BCUT2D eigenvalue weighted by Gasteiger charge is 2.32. The maximum Gasteiger partial charge on any atom is 0.311 e. The molecule has 1 aliphatic rings. The highest BCUT2D eigenvalue weighted by Crippen LogP contribution is 2.43. The predicted octanol–water partition coefficient (Wildman–Crippen LogP) is 4.00. The van der Waals surface area contributed by atoms with Gasteiger partial charge in [-0.15, -0.1) is 11.3 Å². The van der Waals surface area contributed by atoms with Crippen molar-refractivity contribution in [2.75, 3.05) is 5.32 Å². The average molecular weight is 368 g/mol. The third kappa shape index (κ3) is 3.78. The first kappa shape index (κ1) is 18.2. The summed E-state index contributed by atoms with van der Waals surface area (Å²) in [5.41, 5.74) is 3.18. The van der Waals surface area contributed by atoms with E-state index in [-0.39, 0.29) is 5.91 Å². The number of nitriles is 1. The molecule has 1 amide bonds. The number of aliphatic carboxylic acids is 1. The summed E-state index contributed by atoms with van der Waals surface area (Å²) in [6.45, 7) is 2.02. The van der Waals surface area contributed by atoms with E-state index in [4.69, 9.17) is 0 Å². The highest BCUT2D eigenvalue weighted by molar-refractivity contribution is 7.16. The predicted molar refractivity (Wildman–Crippen MR) is 100 cm³/mol. The van der Waals surface area contributed by atoms with Gasteiger partial charge in [-0.1, -0.05) is 29.8 Å². The van der Waals surface area contributed by atoms with Crippen molar-refractivity contribution in [2.45, 2.75) is 44.9 Å². The molecular weight excluding hydrogens is 348 g/mol. The fraction of sp³-hybridized carbons (Fsp3) is 0.350. The average Bonchev–Trinajstić information content (AvgIpc) is 2.97. The molecule has 0 saturated heterocycles. The molecule has 1 heterocycles. The smallest absolute Gasteiger partial charge is 0.311 e. The van der Waals surface area contributed by atoms with Crippen molar-refractivity contribution in [3.05, 3.63) is 51.4 Å². The molecule has 2 aromatic rings. The lowest BCUT2D eigenvalue weighted by molar-refractivity contribution is -0.139. The summed E-state index contributed by atoms with van der Waals surface area (Å²) in [5.74, 6) is -1.71. The van der Waals surface area contributed by atoms with Gasteiger partial charge in [-0.2, -0.15) is 5.26 Å². The lowest BCUT2D eigenvalue weighted by Crippen LogP contribution is -2.17. The molecule has 0 spiro atoms. The fourth-order valence-corrected chi connectivity index (χ4v) is 4.57. The lowest BCUT2D eigenvalue weighted by Gasteiger charge is -2.18. The summed E-state index contributed by atoms with van der Waals surface area (Å²) in [6, 6.07) is 10.1. The molecule has 0 bridgehead atoms. The first-order valence-corrected chi connectivity index (χ1v) is 9.45. The number of fused-ring (bicyclic) bond motifs is 1. The van der Waals surface area contributed by atoms with E-state index >= 15 is 0 Å². The number of hydrogen-bond acceptors (Lipinski definition) is 4. The number of thiophene rings is 1. The Hall–Kier alpha value is -2.65. The molecule has 0 radical (unpaired) electrons. The van der Waals surface area contributed by atoms with Crippen molar-refractivity contribution >= 4 is 28.2 Å². The van der Waals surface area contributed by atoms with Crippen LogP contribution in [0.4, 0.5) is 5.00 Å². The molecule has 0 aliphatic heterocycles. The zero-order chi connectivity index (χ0) is 18.7. The topological polar surface area (TPSA) is 90.2 Å². The number of hydrogen-bond donors (Lipinski definition) is 2. The summed E-state index contributed by atoms with van der Waals surface area (Å²) >= 11 is 1.34. The Balaban J connectivity index is 1.73. The number of carboxylic acid groups (broad SMARTS) is 1. The third-order valence-electron chi connectivity index (χ3n) is 4.69. The Morgan fingerprint density at radius 1 is 1.35 bits per heavy atom. The van der Waals surface area contributed by atoms with Gasteiger partial charge in [0.15, 0.2) is 0 Å². The highest BCUT2D eigenvalue weighted by atomic mass is 32.1. The molecule has 1 unspecified atom stereocenters. The number of rotatable bonds is 5. The Kier molecular flexibility index (Phi) is 5.38. The van der Waals surface area contributed by atoms with Crippen LogP contribution < -0.4 is 5.32 Å². The number of carboxylic acids is 1. The molecule has 134 valence electrons. The second-order valence-corrected chi connectivity index (χ2v) is 7.68. The minimum absolute atomic E-state index is 0.160. The van der Waals surface area contributed by atoms with Crippen LogP contribution >= 0.6 is 11.3 Å². The maximum atomic E-state index is 12.3. The molecule has 0 saturated carbocycles. The Morgan fingerprint density at radius 3 is 2.73 bits per heavy atom. The van der Waals surface area contributed by atoms with Crippen LogP contribution in [0.15, 0.2) is 24.3 Å². The van der Waals surface area contributed by atoms with Crippen LogP contribution in [-0.2, 0) is 22.4 Å². The van der Waals surface area contributed by atoms with Crippen LogP contribution in [-0.4, -0.2) is 17.0 Å². The monoisotopic (exact) mass is 368 g/mol. The number of carbonyl (C=O) groups is 2. The quantitative estimate of drug-likeness (QED) is 0.834. The van der Waals surface area contributed by atoms with Crippen molar-refractivity contribution in [3.63, 3.8) is 0 Å². The Bertz CT molecular complexity index is 878. The molecule has 1 aromatic heterocycles. The third-order valence-corrected chi connectivity index (χ3v) is 5.87. The van der Waals surface area contributed by atoms with E-state index in [0.29, 0.717) is 35.4 Å². The van der Waals surface area contributed by atoms with E-state index in [1.807, 2.05) is 31.2 Å². The summed E-state index contributed by atoms with van der Waals surface area (Å²) in [5, 5.41) is 22.3. The van der Waals surface area contributed by atoms with E-state index in [9.17, 15) is 20.0 Å². The van der Waals surface area contributed by atoms with Gasteiger partial charge in [0.25, 0.3) is 0 Å². The molecule has 26 heavy (non-hydrogen) atoms. The van der Waals surface area contributed by atoms with Gasteiger partial charge < -0.3 is 10.4 Å². The second-order valence-electron chi connectivity index (χ2n) is 6.57. The van der Waals surface area contributed by atoms with Gasteiger partial charge in [0, 0.05) is 16.9 Å². The lowest BCUT2D eigenvalue weighted by atomic mass is 9.85. The number of aryl methyl sites for hydroxylation is 3. The van der Waals surface area contributed by atoms with E-state index in [1.165, 1.54) is 16.9 Å². The van der Waals surface area contributed by atoms with Crippen LogP contribution in [0.5, 0.6) is 0 Å². The first-order chi connectivity index (χ1) is 12.5. The van der Waals surface area contributed by atoms with Gasteiger partial charge >= 0.3 is 5.97 Å². The van der Waals surface area contributed by atoms with Gasteiger partial charge in [-0.25, -0.2) is 0 Å². The van der Waals surface area contributed by atoms with E-state index in [0.717, 1.165) is 23.3 Å². The molecule has 2 N–H and O–H groups in total. The zero-order valence-corrected chi connectivity index (χ0v) is 15.4. The minimum atomic E-state index is -0.905. The van der Waals surface area contributed by atoms with Gasteiger partial charge in [-0.3, -0.25) is 9.59 Å². The van der Waals surface area contributed by atoms with Crippen LogP contribution in [0.25, 0.3) is 0 Å². The molecular formula is C20H20N2O3S. The maximum absolute atomic E-state index is 12.3. The van der Waals surface area contributed by atoms with Gasteiger partial charge in [0.1, 0.15) is 11.1 Å². The van der Waals surface area contributed by atoms with Gasteiger partial charge in [-0.05, 0) is 38.2 Å². The number of benzene rings is 1. The van der Waals surface area contributed by atoms with Crippen molar-refractivity contribution in [2.24, 2.45) is 0 Å². The molecule has 1 aliphatic carbocycles. The number of amides is 1. The van der Waals surface area contributed by atoms with Crippen molar-refractivity contribution in [3.8, 4) is 6.07 Å². The van der Waals surface area contributed by atoms with Crippen molar-refractivity contribution < 1.29 is 14.7 Å². The van der Waals surface area contributed by atoms with Crippen molar-refractivity contribution in [1.29, 1.82) is 5.26 Å². The second kappa shape index (κ2) is 7.71. The SMILES string of the molecule is Cc1ccc(CCC(=O)Nc2sc3c(c2C#N)C(C(=O)O)CCC3)cc1. The van der Waals surface area contributed by atoms with E-state index in [2.05, 4.69) is 11.4 Å². The number of carbonyl (C=O) groups excluding carboxylic acids is 1. The van der Waals surface area contributed by atoms with Crippen molar-refractivity contribution in [1.82, 2.24) is 0 Å². The summed E-state index contributed by atoms with van der Waals surface area (Å²) in [6.07, 6.45) is 3.03. The number of nitrogens with zero attached hydrogens (tertiary/aromatic N) is 1. The molecule has 5 nitrogen and oxygen atoms in total. The first-order valence-electron chi connectivity index (χ1n) is 8.63. The summed E-state index contributed by atoms with van der Waals surface area (Å²) in [4.78, 5) is 24.7. The van der Waals surface area contributed by atoms with Crippen LogP contribution in [0, 0.1) is 18.3 Å². The van der Waals surface area contributed by atoms with Gasteiger partial charge in [0.05, 0.1) is 11.5 Å². The van der Waals surface area contributed by atoms with Crippen LogP contribution in [0.2, 0.25) is 0 Å².